The van der Waals surface area contributed by atoms with Crippen LogP contribution < -0.4 is 16.4 Å². The predicted molar refractivity (Wildman–Crippen MR) is 86.0 cm³/mol. The summed E-state index contributed by atoms with van der Waals surface area (Å²) >= 11 is 0. The molecule has 1 rings (SSSR count). The third kappa shape index (κ3) is 4.56. The third-order valence-corrected chi connectivity index (χ3v) is 3.69. The molecule has 0 saturated carbocycles. The molecule has 5 nitrogen and oxygen atoms in total. The number of rotatable bonds is 6. The Morgan fingerprint density at radius 3 is 2.29 bits per heavy atom. The maximum absolute atomic E-state index is 12.3. The first kappa shape index (κ1) is 17.2. The maximum atomic E-state index is 12.3. The molecule has 0 saturated heterocycles. The van der Waals surface area contributed by atoms with Crippen LogP contribution >= 0.6 is 0 Å². The van der Waals surface area contributed by atoms with Gasteiger partial charge in [-0.05, 0) is 31.5 Å². The van der Waals surface area contributed by atoms with Crippen molar-refractivity contribution in [3.63, 3.8) is 0 Å². The van der Waals surface area contributed by atoms with Gasteiger partial charge in [-0.2, -0.15) is 0 Å². The molecule has 0 spiro atoms. The molecule has 0 aliphatic heterocycles. The Bertz CT molecular complexity index is 508. The molecule has 5 heteroatoms. The topological polar surface area (TPSA) is 84.2 Å². The largest absolute Gasteiger partial charge is 0.329 e. The minimum atomic E-state index is -0.586. The molecule has 1 aromatic carbocycles. The molecule has 0 aromatic heterocycles. The Morgan fingerprint density at radius 2 is 1.81 bits per heavy atom. The van der Waals surface area contributed by atoms with Crippen LogP contribution in [0.2, 0.25) is 0 Å². The van der Waals surface area contributed by atoms with Crippen molar-refractivity contribution in [3.05, 3.63) is 24.3 Å². The quantitative estimate of drug-likeness (QED) is 0.753. The minimum Gasteiger partial charge on any atom is -0.329 e. The fraction of sp³-hybridized carbons (Fsp3) is 0.500. The van der Waals surface area contributed by atoms with Crippen LogP contribution in [-0.4, -0.2) is 18.4 Å². The first-order chi connectivity index (χ1) is 9.82. The monoisotopic (exact) mass is 291 g/mol. The standard InChI is InChI=1S/C16H25N3O2/c1-5-16(4,10-17)15(21)19-13-8-6-7-12(9-13)18-14(20)11(2)3/h6-9,11H,5,10,17H2,1-4H3,(H,18,20)(H,19,21). The molecule has 0 heterocycles. The highest BCUT2D eigenvalue weighted by atomic mass is 16.2. The first-order valence-corrected chi connectivity index (χ1v) is 7.25. The zero-order chi connectivity index (χ0) is 16.0. The van der Waals surface area contributed by atoms with E-state index in [1.54, 1.807) is 24.3 Å². The highest BCUT2D eigenvalue weighted by Gasteiger charge is 2.29. The van der Waals surface area contributed by atoms with Crippen molar-refractivity contribution < 1.29 is 9.59 Å². The summed E-state index contributed by atoms with van der Waals surface area (Å²) in [5.74, 6) is -0.262. The highest BCUT2D eigenvalue weighted by Crippen LogP contribution is 2.23. The average molecular weight is 291 g/mol. The number of amides is 2. The summed E-state index contributed by atoms with van der Waals surface area (Å²) in [4.78, 5) is 23.9. The summed E-state index contributed by atoms with van der Waals surface area (Å²) in [6.45, 7) is 7.72. The van der Waals surface area contributed by atoms with Crippen LogP contribution in [0.5, 0.6) is 0 Å². The van der Waals surface area contributed by atoms with Crippen LogP contribution in [0.1, 0.15) is 34.1 Å². The summed E-state index contributed by atoms with van der Waals surface area (Å²) in [7, 11) is 0. The number of carbonyl (C=O) groups is 2. The van der Waals surface area contributed by atoms with E-state index < -0.39 is 5.41 Å². The molecular formula is C16H25N3O2. The smallest absolute Gasteiger partial charge is 0.231 e. The number of anilines is 2. The molecule has 4 N–H and O–H groups in total. The Morgan fingerprint density at radius 1 is 1.24 bits per heavy atom. The van der Waals surface area contributed by atoms with Gasteiger partial charge in [0.05, 0.1) is 5.41 Å². The molecule has 21 heavy (non-hydrogen) atoms. The van der Waals surface area contributed by atoms with Gasteiger partial charge in [-0.25, -0.2) is 0 Å². The van der Waals surface area contributed by atoms with Crippen molar-refractivity contribution in [3.8, 4) is 0 Å². The fourth-order valence-electron chi connectivity index (χ4n) is 1.64. The molecule has 2 amide bonds. The zero-order valence-corrected chi connectivity index (χ0v) is 13.2. The van der Waals surface area contributed by atoms with Crippen LogP contribution in [0.4, 0.5) is 11.4 Å². The third-order valence-electron chi connectivity index (χ3n) is 3.69. The van der Waals surface area contributed by atoms with E-state index in [1.807, 2.05) is 27.7 Å². The molecule has 0 fully saturated rings. The molecule has 0 aliphatic rings. The number of benzene rings is 1. The number of hydrogen-bond donors (Lipinski definition) is 3. The molecule has 1 atom stereocenters. The Labute approximate surface area is 126 Å². The van der Waals surface area contributed by atoms with Crippen LogP contribution in [0.15, 0.2) is 24.3 Å². The number of nitrogens with one attached hydrogen (secondary N) is 2. The van der Waals surface area contributed by atoms with E-state index in [2.05, 4.69) is 10.6 Å². The van der Waals surface area contributed by atoms with Gasteiger partial charge >= 0.3 is 0 Å². The van der Waals surface area contributed by atoms with Gasteiger partial charge in [0.1, 0.15) is 0 Å². The Balaban J connectivity index is 2.82. The summed E-state index contributed by atoms with van der Waals surface area (Å²) in [6, 6.07) is 7.11. The summed E-state index contributed by atoms with van der Waals surface area (Å²) < 4.78 is 0. The Kier molecular flexibility index (Phi) is 5.90. The van der Waals surface area contributed by atoms with E-state index >= 15 is 0 Å². The van der Waals surface area contributed by atoms with E-state index in [1.165, 1.54) is 0 Å². The minimum absolute atomic E-state index is 0.0566. The van der Waals surface area contributed by atoms with Crippen LogP contribution in [0.3, 0.4) is 0 Å². The molecule has 1 unspecified atom stereocenters. The van der Waals surface area contributed by atoms with Crippen LogP contribution in [-0.2, 0) is 9.59 Å². The van der Waals surface area contributed by atoms with E-state index in [9.17, 15) is 9.59 Å². The van der Waals surface area contributed by atoms with Crippen molar-refractivity contribution in [1.29, 1.82) is 0 Å². The van der Waals surface area contributed by atoms with Gasteiger partial charge in [0.2, 0.25) is 11.8 Å². The van der Waals surface area contributed by atoms with E-state index in [0.29, 0.717) is 24.3 Å². The number of hydrogen-bond acceptors (Lipinski definition) is 3. The normalized spacial score (nSPS) is 13.6. The molecular weight excluding hydrogens is 266 g/mol. The molecule has 116 valence electrons. The number of nitrogens with two attached hydrogens (primary N) is 1. The zero-order valence-electron chi connectivity index (χ0n) is 13.2. The van der Waals surface area contributed by atoms with Gasteiger partial charge in [-0.15, -0.1) is 0 Å². The lowest BCUT2D eigenvalue weighted by atomic mass is 9.86. The second-order valence-electron chi connectivity index (χ2n) is 5.80. The molecule has 1 aromatic rings. The van der Waals surface area contributed by atoms with Crippen molar-refractivity contribution in [2.24, 2.45) is 17.1 Å². The van der Waals surface area contributed by atoms with Crippen LogP contribution in [0.25, 0.3) is 0 Å². The van der Waals surface area contributed by atoms with Gasteiger partial charge in [0.15, 0.2) is 0 Å². The highest BCUT2D eigenvalue weighted by molar-refractivity contribution is 5.97. The summed E-state index contributed by atoms with van der Waals surface area (Å²) in [6.07, 6.45) is 0.666. The Hall–Kier alpha value is -1.88. The summed E-state index contributed by atoms with van der Waals surface area (Å²) in [5.41, 5.74) is 6.41. The molecule has 0 radical (unpaired) electrons. The van der Waals surface area contributed by atoms with Crippen molar-refractivity contribution >= 4 is 23.2 Å². The lowest BCUT2D eigenvalue weighted by molar-refractivity contribution is -0.124. The second kappa shape index (κ2) is 7.22. The molecule has 0 aliphatic carbocycles. The lowest BCUT2D eigenvalue weighted by Crippen LogP contribution is -2.39. The van der Waals surface area contributed by atoms with E-state index in [-0.39, 0.29) is 17.7 Å². The van der Waals surface area contributed by atoms with Gasteiger partial charge < -0.3 is 16.4 Å². The van der Waals surface area contributed by atoms with Gasteiger partial charge in [-0.1, -0.05) is 26.8 Å². The average Bonchev–Trinajstić information content (AvgIpc) is 2.46. The molecule has 0 bridgehead atoms. The van der Waals surface area contributed by atoms with E-state index in [4.69, 9.17) is 5.73 Å². The fourth-order valence-corrected chi connectivity index (χ4v) is 1.64. The van der Waals surface area contributed by atoms with Crippen molar-refractivity contribution in [1.82, 2.24) is 0 Å². The van der Waals surface area contributed by atoms with Gasteiger partial charge in [0, 0.05) is 23.8 Å². The van der Waals surface area contributed by atoms with Crippen molar-refractivity contribution in [2.45, 2.75) is 34.1 Å². The van der Waals surface area contributed by atoms with Crippen molar-refractivity contribution in [2.75, 3.05) is 17.2 Å². The van der Waals surface area contributed by atoms with Crippen LogP contribution in [0, 0.1) is 11.3 Å². The van der Waals surface area contributed by atoms with E-state index in [0.717, 1.165) is 0 Å². The predicted octanol–water partition coefficient (Wildman–Crippen LogP) is 2.59. The maximum Gasteiger partial charge on any atom is 0.231 e. The SMILES string of the molecule is CCC(C)(CN)C(=O)Nc1cccc(NC(=O)C(C)C)c1. The van der Waals surface area contributed by atoms with Gasteiger partial charge in [0.25, 0.3) is 0 Å². The first-order valence-electron chi connectivity index (χ1n) is 7.25. The summed E-state index contributed by atoms with van der Waals surface area (Å²) in [5, 5.41) is 5.66. The second-order valence-corrected chi connectivity index (χ2v) is 5.80. The lowest BCUT2D eigenvalue weighted by Gasteiger charge is -2.25. The van der Waals surface area contributed by atoms with Gasteiger partial charge in [-0.3, -0.25) is 9.59 Å². The number of carbonyl (C=O) groups excluding carboxylic acids is 2.